The van der Waals surface area contributed by atoms with Gasteiger partial charge in [-0.25, -0.2) is 9.98 Å². The summed E-state index contributed by atoms with van der Waals surface area (Å²) in [5, 5.41) is 50.0. The predicted octanol–water partition coefficient (Wildman–Crippen LogP) is 5.15. The Morgan fingerprint density at radius 3 is 2.51 bits per heavy atom. The number of benzene rings is 3. The fraction of sp³-hybridized carbons (Fsp3) is 0.481. The van der Waals surface area contributed by atoms with Crippen LogP contribution < -0.4 is 25.7 Å². The first-order valence-corrected chi connectivity index (χ1v) is 24.2. The van der Waals surface area contributed by atoms with Gasteiger partial charge in [-0.2, -0.15) is 0 Å². The van der Waals surface area contributed by atoms with Crippen LogP contribution in [0.1, 0.15) is 95.5 Å². The van der Waals surface area contributed by atoms with Crippen molar-refractivity contribution in [2.75, 3.05) is 36.4 Å². The van der Waals surface area contributed by atoms with E-state index < -0.39 is 71.4 Å². The highest BCUT2D eigenvalue weighted by atomic mass is 16.7. The standard InChI is InChI=1S/C52H61N7O11/c1-28(2)27-57-19-17-52(18-20-57)55-42-39-40-45(64)31(5)47-41(39)48(66)51(6,70-47)68-23-10-9-14-33(69-38(63)26-37(62)59-22-21-58-35-16-8-7-15-34(35)53-50(58)59)24-32(60)25-36(61)29(3)12-11-13-30(4)49(67)54-44(46(40)65)43(42)56-52/h7-8,10-13,15-16,23,28-29,32-33,36,55,60-61,64-65H,9,14,17-22,24-27H2,1-6H3/b12-11+,23-10+,30-13-,54-44?/t29?,32?,33-,36-,51?/m1/s1. The molecular weight excluding hydrogens is 899 g/mol. The molecule has 0 radical (unpaired) electrons. The van der Waals surface area contributed by atoms with E-state index in [9.17, 15) is 39.6 Å². The highest BCUT2D eigenvalue weighted by Crippen LogP contribution is 2.51. The van der Waals surface area contributed by atoms with Crippen molar-refractivity contribution in [3.8, 4) is 17.2 Å². The number of ketones is 1. The molecule has 18 nitrogen and oxygen atoms in total. The van der Waals surface area contributed by atoms with Crippen LogP contribution in [-0.2, 0) is 30.4 Å². The van der Waals surface area contributed by atoms with Crippen molar-refractivity contribution in [3.05, 3.63) is 82.2 Å². The lowest BCUT2D eigenvalue weighted by Crippen LogP contribution is -2.47. The number of para-hydroxylation sites is 2. The number of allylic oxidation sites excluding steroid dienone is 3. The van der Waals surface area contributed by atoms with Crippen molar-refractivity contribution < 1.29 is 53.8 Å². The predicted molar refractivity (Wildman–Crippen MR) is 259 cm³/mol. The molecule has 6 aliphatic rings. The van der Waals surface area contributed by atoms with Crippen LogP contribution in [0.15, 0.2) is 70.4 Å². The molecule has 4 aromatic rings. The Morgan fingerprint density at radius 2 is 1.76 bits per heavy atom. The number of Topliss-reactive ketones (excluding diaryl/α,β-unsaturated/α-hetero) is 1. The Hall–Kier alpha value is -6.63. The summed E-state index contributed by atoms with van der Waals surface area (Å²) in [6.07, 6.45) is 5.53. The number of hydrogen-bond acceptors (Lipinski definition) is 15. The van der Waals surface area contributed by atoms with Crippen molar-refractivity contribution in [2.45, 2.75) is 123 Å². The zero-order valence-corrected chi connectivity index (χ0v) is 40.4. The molecule has 10 rings (SSSR count). The van der Waals surface area contributed by atoms with Crippen molar-refractivity contribution in [1.82, 2.24) is 14.5 Å². The van der Waals surface area contributed by atoms with Gasteiger partial charge in [-0.3, -0.25) is 29.1 Å². The number of phenolic OH excluding ortho intramolecular Hbond substituents is 2. The van der Waals surface area contributed by atoms with Crippen LogP contribution in [0.5, 0.6) is 17.2 Å². The summed E-state index contributed by atoms with van der Waals surface area (Å²) in [5.41, 5.74) is 1.48. The third-order valence-corrected chi connectivity index (χ3v) is 14.1. The number of imidazole rings is 1. The molecule has 6 aliphatic heterocycles. The Kier molecular flexibility index (Phi) is 13.1. The molecule has 3 aromatic carbocycles. The second kappa shape index (κ2) is 18.9. The van der Waals surface area contributed by atoms with E-state index in [-0.39, 0.29) is 75.4 Å². The molecule has 3 unspecified atom stereocenters. The fourth-order valence-electron chi connectivity index (χ4n) is 10.2. The fourth-order valence-corrected chi connectivity index (χ4v) is 10.2. The van der Waals surface area contributed by atoms with Crippen molar-refractivity contribution in [3.63, 3.8) is 0 Å². The van der Waals surface area contributed by atoms with E-state index in [0.717, 1.165) is 17.6 Å². The van der Waals surface area contributed by atoms with Crippen molar-refractivity contribution in [1.29, 1.82) is 0 Å². The summed E-state index contributed by atoms with van der Waals surface area (Å²) < 4.78 is 20.1. The third-order valence-electron chi connectivity index (χ3n) is 14.1. The number of anilines is 2. The summed E-state index contributed by atoms with van der Waals surface area (Å²) in [5.74, 6) is -4.93. The van der Waals surface area contributed by atoms with E-state index in [2.05, 4.69) is 34.0 Å². The number of carbonyl (C=O) groups excluding carboxylic acids is 4. The van der Waals surface area contributed by atoms with Gasteiger partial charge in [0.25, 0.3) is 11.7 Å². The third kappa shape index (κ3) is 9.03. The maximum absolute atomic E-state index is 14.7. The number of ether oxygens (including phenoxy) is 3. The van der Waals surface area contributed by atoms with E-state index in [0.29, 0.717) is 56.6 Å². The minimum atomic E-state index is -1.93. The average Bonchev–Trinajstić information content (AvgIpc) is 4.06. The molecule has 7 heterocycles. The summed E-state index contributed by atoms with van der Waals surface area (Å²) in [6, 6.07) is 7.54. The number of amides is 2. The number of aliphatic hydroxyl groups is 2. The lowest BCUT2D eigenvalue weighted by Gasteiger charge is -2.38. The van der Waals surface area contributed by atoms with Crippen LogP contribution in [0.25, 0.3) is 21.8 Å². The van der Waals surface area contributed by atoms with E-state index in [4.69, 9.17) is 19.2 Å². The number of carbonyl (C=O) groups is 4. The molecule has 5 N–H and O–H groups in total. The van der Waals surface area contributed by atoms with Gasteiger partial charge in [0.05, 0.1) is 46.1 Å². The van der Waals surface area contributed by atoms with E-state index in [1.165, 1.54) is 24.2 Å². The number of esters is 1. The highest BCUT2D eigenvalue weighted by Gasteiger charge is 2.50. The van der Waals surface area contributed by atoms with Gasteiger partial charge in [-0.15, -0.1) is 0 Å². The number of aliphatic hydroxyl groups excluding tert-OH is 2. The number of nitrogens with zero attached hydrogens (tertiary/aromatic N) is 6. The molecule has 1 fully saturated rings. The molecule has 1 saturated heterocycles. The summed E-state index contributed by atoms with van der Waals surface area (Å²) in [6.45, 7) is 13.8. The lowest BCUT2D eigenvalue weighted by atomic mass is 9.92. The minimum Gasteiger partial charge on any atom is -0.507 e. The van der Waals surface area contributed by atoms with Crippen molar-refractivity contribution >= 4 is 57.0 Å². The van der Waals surface area contributed by atoms with E-state index in [1.807, 2.05) is 28.8 Å². The second-order valence-corrected chi connectivity index (χ2v) is 19.8. The number of likely N-dealkylation sites (tertiary alicyclic amines) is 1. The lowest BCUT2D eigenvalue weighted by molar-refractivity contribution is -0.152. The average molecular weight is 960 g/mol. The molecule has 5 atom stereocenters. The number of hydrogen-bond donors (Lipinski definition) is 5. The number of fused-ring (bicyclic) bond motifs is 16. The number of nitrogens with one attached hydrogen (secondary N) is 1. The van der Waals surface area contributed by atoms with Crippen molar-refractivity contribution in [2.24, 2.45) is 21.8 Å². The van der Waals surface area contributed by atoms with Gasteiger partial charge >= 0.3 is 11.8 Å². The van der Waals surface area contributed by atoms with E-state index >= 15 is 0 Å². The molecule has 70 heavy (non-hydrogen) atoms. The summed E-state index contributed by atoms with van der Waals surface area (Å²) >= 11 is 0. The van der Waals surface area contributed by atoms with Gasteiger partial charge in [-0.1, -0.05) is 51.1 Å². The maximum atomic E-state index is 14.7. The monoisotopic (exact) mass is 959 g/mol. The number of aromatic nitrogens is 2. The van der Waals surface area contributed by atoms with Crippen LogP contribution in [0.2, 0.25) is 0 Å². The van der Waals surface area contributed by atoms with Crippen LogP contribution >= 0.6 is 0 Å². The Bertz CT molecular complexity index is 3020. The molecule has 1 aromatic heterocycles. The molecule has 18 heteroatoms. The van der Waals surface area contributed by atoms with Gasteiger partial charge in [-0.05, 0) is 57.2 Å². The van der Waals surface area contributed by atoms with Gasteiger partial charge in [0.15, 0.2) is 5.75 Å². The summed E-state index contributed by atoms with van der Waals surface area (Å²) in [4.78, 5) is 73.5. The Balaban J connectivity index is 1.03. The molecule has 1 spiro atoms. The van der Waals surface area contributed by atoms with Gasteiger partial charge < -0.3 is 49.4 Å². The molecular formula is C52H61N7O11. The zero-order valence-electron chi connectivity index (χ0n) is 40.4. The first-order chi connectivity index (χ1) is 33.4. The number of phenols is 2. The van der Waals surface area contributed by atoms with Crippen LogP contribution in [0.3, 0.4) is 0 Å². The first kappa shape index (κ1) is 48.4. The van der Waals surface area contributed by atoms with Crippen LogP contribution in [0.4, 0.5) is 11.6 Å². The first-order valence-electron chi connectivity index (χ1n) is 24.2. The van der Waals surface area contributed by atoms with Crippen LogP contribution in [-0.4, -0.2) is 114 Å². The summed E-state index contributed by atoms with van der Waals surface area (Å²) in [7, 11) is 0. The molecule has 5 bridgehead atoms. The molecule has 0 saturated carbocycles. The number of piperidine rings is 1. The highest BCUT2D eigenvalue weighted by molar-refractivity contribution is 6.21. The Morgan fingerprint density at radius 1 is 1.00 bits per heavy atom. The van der Waals surface area contributed by atoms with E-state index in [1.54, 1.807) is 39.0 Å². The second-order valence-electron chi connectivity index (χ2n) is 19.8. The molecule has 2 amide bonds. The van der Waals surface area contributed by atoms with Gasteiger partial charge in [0.2, 0.25) is 11.9 Å². The number of aromatic hydroxyl groups is 2. The van der Waals surface area contributed by atoms with Gasteiger partial charge in [0, 0.05) is 81.4 Å². The SMILES string of the molecule is C/C1=C/C=C/C(C)[C@H](O)CC(O)C[C@H](OC(=O)CC(=O)N2CCn3c2nc2ccccc23)CC/C=C/OC2(C)Oc3c(C)c(O)c4c(O)c(c5c(c4c3C2=O)NC2(CCN(CC(C)C)CC2)N=5)=NC1=O. The Labute approximate surface area is 404 Å². The quantitative estimate of drug-likeness (QED) is 0.0989. The largest absolute Gasteiger partial charge is 0.507 e. The zero-order chi connectivity index (χ0) is 49.8. The maximum Gasteiger partial charge on any atom is 0.315 e. The normalized spacial score (nSPS) is 26.5. The minimum absolute atomic E-state index is 0.0521. The number of rotatable bonds is 5. The van der Waals surface area contributed by atoms with Crippen LogP contribution in [0, 0.1) is 18.8 Å². The van der Waals surface area contributed by atoms with Gasteiger partial charge in [0.1, 0.15) is 40.4 Å². The molecule has 370 valence electrons. The molecule has 0 aliphatic carbocycles. The smallest absolute Gasteiger partial charge is 0.315 e. The topological polar surface area (TPSA) is 238 Å².